The molecular formula is C11H18N4O. The molecule has 2 rings (SSSR count). The van der Waals surface area contributed by atoms with Gasteiger partial charge in [0.25, 0.3) is 0 Å². The summed E-state index contributed by atoms with van der Waals surface area (Å²) in [5.41, 5.74) is 2.25. The molecule has 1 amide bonds. The first-order valence-corrected chi connectivity index (χ1v) is 5.88. The van der Waals surface area contributed by atoms with E-state index < -0.39 is 0 Å². The fraction of sp³-hybridized carbons (Fsp3) is 0.636. The highest BCUT2D eigenvalue weighted by atomic mass is 16.1. The summed E-state index contributed by atoms with van der Waals surface area (Å²) in [5, 5.41) is 13.3. The number of nitrogens with one attached hydrogen (secondary N) is 3. The molecule has 2 heterocycles. The largest absolute Gasteiger partial charge is 0.312 e. The second-order valence-electron chi connectivity index (χ2n) is 4.11. The Kier molecular flexibility index (Phi) is 3.56. The molecule has 1 aliphatic heterocycles. The quantitative estimate of drug-likeness (QED) is 0.716. The number of nitrogens with zero attached hydrogens (tertiary/aromatic N) is 1. The number of carbonyl (C=O) groups is 1. The van der Waals surface area contributed by atoms with Crippen LogP contribution in [0.2, 0.25) is 0 Å². The van der Waals surface area contributed by atoms with Crippen LogP contribution in [0.1, 0.15) is 37.4 Å². The fourth-order valence-electron chi connectivity index (χ4n) is 1.86. The van der Waals surface area contributed by atoms with E-state index in [1.54, 1.807) is 0 Å². The number of aromatic nitrogens is 2. The van der Waals surface area contributed by atoms with Crippen LogP contribution >= 0.6 is 0 Å². The number of aromatic amines is 1. The van der Waals surface area contributed by atoms with Gasteiger partial charge in [-0.2, -0.15) is 5.10 Å². The van der Waals surface area contributed by atoms with Crippen LogP contribution in [0.15, 0.2) is 0 Å². The molecule has 5 nitrogen and oxygen atoms in total. The number of fused-ring (bicyclic) bond motifs is 1. The third-order valence-electron chi connectivity index (χ3n) is 2.82. The van der Waals surface area contributed by atoms with Crippen LogP contribution in [0.4, 0.5) is 5.82 Å². The number of carbonyl (C=O) groups excluding carboxylic acids is 1. The molecule has 5 heteroatoms. The van der Waals surface area contributed by atoms with E-state index in [4.69, 9.17) is 0 Å². The van der Waals surface area contributed by atoms with Gasteiger partial charge in [0.05, 0.1) is 0 Å². The van der Waals surface area contributed by atoms with Crippen molar-refractivity contribution < 1.29 is 4.79 Å². The lowest BCUT2D eigenvalue weighted by molar-refractivity contribution is -0.116. The first-order chi connectivity index (χ1) is 7.81. The lowest BCUT2D eigenvalue weighted by Crippen LogP contribution is -2.24. The smallest absolute Gasteiger partial charge is 0.225 e. The Bertz CT molecular complexity index is 372. The molecule has 0 aromatic carbocycles. The Morgan fingerprint density at radius 2 is 2.44 bits per heavy atom. The van der Waals surface area contributed by atoms with Crippen molar-refractivity contribution in [3.8, 4) is 0 Å². The first-order valence-electron chi connectivity index (χ1n) is 5.88. The summed E-state index contributed by atoms with van der Waals surface area (Å²) in [6, 6.07) is 0. The molecular weight excluding hydrogens is 204 g/mol. The Labute approximate surface area is 95.0 Å². The summed E-state index contributed by atoms with van der Waals surface area (Å²) in [4.78, 5) is 11.6. The number of H-pyrrole nitrogens is 1. The van der Waals surface area contributed by atoms with Crippen LogP contribution in [0.3, 0.4) is 0 Å². The SMILES string of the molecule is CCCCC(=O)Nc1n[nH]c2c1CNCC2. The standard InChI is InChI=1S/C11H18N4O/c1-2-3-4-10(16)13-11-8-7-12-6-5-9(8)14-15-11/h12H,2-7H2,1H3,(H2,13,14,15,16). The second kappa shape index (κ2) is 5.12. The number of rotatable bonds is 4. The number of unbranched alkanes of at least 4 members (excludes halogenated alkanes) is 1. The molecule has 0 aliphatic carbocycles. The molecule has 0 spiro atoms. The number of hydrogen-bond donors (Lipinski definition) is 3. The Hall–Kier alpha value is -1.36. The normalized spacial score (nSPS) is 14.6. The van der Waals surface area contributed by atoms with Gasteiger partial charge in [0.1, 0.15) is 0 Å². The minimum absolute atomic E-state index is 0.0572. The van der Waals surface area contributed by atoms with Crippen molar-refractivity contribution in [3.05, 3.63) is 11.3 Å². The minimum Gasteiger partial charge on any atom is -0.312 e. The van der Waals surface area contributed by atoms with E-state index in [1.165, 1.54) is 0 Å². The third kappa shape index (κ3) is 2.41. The van der Waals surface area contributed by atoms with Crippen molar-refractivity contribution >= 4 is 11.7 Å². The van der Waals surface area contributed by atoms with E-state index in [0.717, 1.165) is 43.6 Å². The van der Waals surface area contributed by atoms with Crippen LogP contribution in [0.25, 0.3) is 0 Å². The molecule has 1 aromatic rings. The molecule has 0 saturated carbocycles. The van der Waals surface area contributed by atoms with Crippen molar-refractivity contribution in [1.29, 1.82) is 0 Å². The van der Waals surface area contributed by atoms with E-state index in [1.807, 2.05) is 0 Å². The highest BCUT2D eigenvalue weighted by molar-refractivity contribution is 5.90. The summed E-state index contributed by atoms with van der Waals surface area (Å²) in [6.07, 6.45) is 3.49. The van der Waals surface area contributed by atoms with Crippen LogP contribution in [0, 0.1) is 0 Å². The zero-order valence-electron chi connectivity index (χ0n) is 9.60. The van der Waals surface area contributed by atoms with Gasteiger partial charge >= 0.3 is 0 Å². The number of anilines is 1. The highest BCUT2D eigenvalue weighted by Crippen LogP contribution is 2.19. The molecule has 0 atom stereocenters. The van der Waals surface area contributed by atoms with Crippen LogP contribution < -0.4 is 10.6 Å². The van der Waals surface area contributed by atoms with Crippen molar-refractivity contribution in [2.45, 2.75) is 39.2 Å². The number of amides is 1. The summed E-state index contributed by atoms with van der Waals surface area (Å²) in [5.74, 6) is 0.755. The van der Waals surface area contributed by atoms with E-state index >= 15 is 0 Å². The lowest BCUT2D eigenvalue weighted by atomic mass is 10.1. The van der Waals surface area contributed by atoms with Gasteiger partial charge in [-0.3, -0.25) is 9.89 Å². The van der Waals surface area contributed by atoms with E-state index in [-0.39, 0.29) is 5.91 Å². The second-order valence-corrected chi connectivity index (χ2v) is 4.11. The maximum absolute atomic E-state index is 11.6. The van der Waals surface area contributed by atoms with Crippen LogP contribution in [-0.4, -0.2) is 22.6 Å². The molecule has 0 saturated heterocycles. The van der Waals surface area contributed by atoms with Crippen molar-refractivity contribution in [1.82, 2.24) is 15.5 Å². The zero-order valence-corrected chi connectivity index (χ0v) is 9.60. The van der Waals surface area contributed by atoms with Crippen LogP contribution in [0.5, 0.6) is 0 Å². The minimum atomic E-state index is 0.0572. The average molecular weight is 222 g/mol. The molecule has 0 fully saturated rings. The summed E-state index contributed by atoms with van der Waals surface area (Å²) >= 11 is 0. The van der Waals surface area contributed by atoms with E-state index in [0.29, 0.717) is 12.2 Å². The van der Waals surface area contributed by atoms with Gasteiger partial charge in [0, 0.05) is 37.2 Å². The van der Waals surface area contributed by atoms with Gasteiger partial charge in [0.2, 0.25) is 5.91 Å². The van der Waals surface area contributed by atoms with Gasteiger partial charge in [-0.1, -0.05) is 13.3 Å². The van der Waals surface area contributed by atoms with Gasteiger partial charge in [-0.05, 0) is 6.42 Å². The first kappa shape index (κ1) is 11.1. The average Bonchev–Trinajstić information content (AvgIpc) is 2.70. The van der Waals surface area contributed by atoms with Crippen LogP contribution in [-0.2, 0) is 17.8 Å². The van der Waals surface area contributed by atoms with Crippen molar-refractivity contribution in [2.24, 2.45) is 0 Å². The van der Waals surface area contributed by atoms with Crippen molar-refractivity contribution in [3.63, 3.8) is 0 Å². The van der Waals surface area contributed by atoms with Crippen molar-refractivity contribution in [2.75, 3.05) is 11.9 Å². The predicted molar refractivity (Wildman–Crippen MR) is 62.2 cm³/mol. The lowest BCUT2D eigenvalue weighted by Gasteiger charge is -2.13. The Balaban J connectivity index is 1.99. The molecule has 3 N–H and O–H groups in total. The topological polar surface area (TPSA) is 69.8 Å². The van der Waals surface area contributed by atoms with Gasteiger partial charge in [0.15, 0.2) is 5.82 Å². The predicted octanol–water partition coefficient (Wildman–Crippen LogP) is 1.18. The summed E-state index contributed by atoms with van der Waals surface area (Å²) < 4.78 is 0. The van der Waals surface area contributed by atoms with E-state index in [9.17, 15) is 4.79 Å². The summed E-state index contributed by atoms with van der Waals surface area (Å²) in [6.45, 7) is 3.83. The molecule has 1 aliphatic rings. The molecule has 0 bridgehead atoms. The maximum atomic E-state index is 11.6. The molecule has 1 aromatic heterocycles. The molecule has 88 valence electrons. The summed E-state index contributed by atoms with van der Waals surface area (Å²) in [7, 11) is 0. The third-order valence-corrected chi connectivity index (χ3v) is 2.82. The highest BCUT2D eigenvalue weighted by Gasteiger charge is 2.17. The number of hydrogen-bond acceptors (Lipinski definition) is 3. The molecule has 0 unspecified atom stereocenters. The maximum Gasteiger partial charge on any atom is 0.225 e. The van der Waals surface area contributed by atoms with Gasteiger partial charge < -0.3 is 10.6 Å². The Morgan fingerprint density at radius 3 is 3.25 bits per heavy atom. The van der Waals surface area contributed by atoms with E-state index in [2.05, 4.69) is 27.8 Å². The van der Waals surface area contributed by atoms with Gasteiger partial charge in [-0.25, -0.2) is 0 Å². The zero-order chi connectivity index (χ0) is 11.4. The Morgan fingerprint density at radius 1 is 1.56 bits per heavy atom. The molecule has 16 heavy (non-hydrogen) atoms. The monoisotopic (exact) mass is 222 g/mol. The fourth-order valence-corrected chi connectivity index (χ4v) is 1.86. The molecule has 0 radical (unpaired) electrons. The van der Waals surface area contributed by atoms with Gasteiger partial charge in [-0.15, -0.1) is 0 Å².